The summed E-state index contributed by atoms with van der Waals surface area (Å²) < 4.78 is 0. The van der Waals surface area contributed by atoms with Crippen LogP contribution in [0.15, 0.2) is 53.9 Å². The van der Waals surface area contributed by atoms with Crippen LogP contribution in [0.3, 0.4) is 0 Å². The maximum absolute atomic E-state index is 11.1. The second kappa shape index (κ2) is 5.62. The molecule has 0 atom stereocenters. The van der Waals surface area contributed by atoms with Gasteiger partial charge in [-0.25, -0.2) is 9.78 Å². The number of rotatable bonds is 3. The maximum atomic E-state index is 11.1. The average molecular weight is 334 g/mol. The predicted molar refractivity (Wildman–Crippen MR) is 96.5 cm³/mol. The van der Waals surface area contributed by atoms with E-state index < -0.39 is 5.97 Å². The summed E-state index contributed by atoms with van der Waals surface area (Å²) in [5, 5.41) is 13.1. The van der Waals surface area contributed by atoms with Crippen molar-refractivity contribution >= 4 is 28.2 Å². The van der Waals surface area contributed by atoms with E-state index in [9.17, 15) is 4.79 Å². The number of para-hydroxylation sites is 1. The molecule has 0 spiro atoms. The minimum Gasteiger partial charge on any atom is -0.478 e. The van der Waals surface area contributed by atoms with Gasteiger partial charge in [0.25, 0.3) is 0 Å². The smallest absolute Gasteiger partial charge is 0.335 e. The molecule has 0 aliphatic rings. The van der Waals surface area contributed by atoms with Gasteiger partial charge in [0.1, 0.15) is 5.01 Å². The third-order valence-electron chi connectivity index (χ3n) is 4.01. The van der Waals surface area contributed by atoms with Gasteiger partial charge in [0.05, 0.1) is 11.3 Å². The summed E-state index contributed by atoms with van der Waals surface area (Å²) in [7, 11) is 0. The molecule has 4 rings (SSSR count). The van der Waals surface area contributed by atoms with Crippen molar-refractivity contribution in [2.45, 2.75) is 6.92 Å². The second-order valence-electron chi connectivity index (χ2n) is 5.59. The Kier molecular flexibility index (Phi) is 3.43. The van der Waals surface area contributed by atoms with Crippen molar-refractivity contribution in [3.8, 4) is 21.8 Å². The van der Waals surface area contributed by atoms with E-state index in [0.717, 1.165) is 38.4 Å². The van der Waals surface area contributed by atoms with E-state index in [-0.39, 0.29) is 5.56 Å². The lowest BCUT2D eigenvalue weighted by molar-refractivity contribution is 0.0697. The predicted octanol–water partition coefficient (Wildman–Crippen LogP) is 4.97. The van der Waals surface area contributed by atoms with Crippen molar-refractivity contribution in [3.63, 3.8) is 0 Å². The molecule has 0 unspecified atom stereocenters. The Hall–Kier alpha value is -2.92. The van der Waals surface area contributed by atoms with Gasteiger partial charge in [0, 0.05) is 33.1 Å². The number of aryl methyl sites for hydroxylation is 1. The maximum Gasteiger partial charge on any atom is 0.335 e. The Morgan fingerprint density at radius 3 is 2.83 bits per heavy atom. The number of aromatic carboxylic acids is 1. The molecule has 2 N–H and O–H groups in total. The van der Waals surface area contributed by atoms with Crippen LogP contribution in [-0.4, -0.2) is 21.0 Å². The Balaban J connectivity index is 1.81. The molecule has 0 saturated carbocycles. The Morgan fingerprint density at radius 2 is 2.00 bits per heavy atom. The molecule has 2 aromatic carbocycles. The Bertz CT molecular complexity index is 1060. The van der Waals surface area contributed by atoms with E-state index in [1.807, 2.05) is 30.5 Å². The van der Waals surface area contributed by atoms with Gasteiger partial charge in [-0.3, -0.25) is 0 Å². The van der Waals surface area contributed by atoms with Gasteiger partial charge in [-0.2, -0.15) is 0 Å². The largest absolute Gasteiger partial charge is 0.478 e. The van der Waals surface area contributed by atoms with Crippen molar-refractivity contribution in [1.29, 1.82) is 0 Å². The van der Waals surface area contributed by atoms with Gasteiger partial charge in [0.15, 0.2) is 0 Å². The summed E-state index contributed by atoms with van der Waals surface area (Å²) in [5.41, 5.74) is 5.27. The van der Waals surface area contributed by atoms with Gasteiger partial charge >= 0.3 is 5.97 Å². The van der Waals surface area contributed by atoms with E-state index >= 15 is 0 Å². The van der Waals surface area contributed by atoms with E-state index in [1.54, 1.807) is 18.2 Å². The summed E-state index contributed by atoms with van der Waals surface area (Å²) in [6.07, 6.45) is 0. The number of hydrogen-bond acceptors (Lipinski definition) is 3. The topological polar surface area (TPSA) is 66.0 Å². The summed E-state index contributed by atoms with van der Waals surface area (Å²) >= 11 is 1.52. The first kappa shape index (κ1) is 14.7. The zero-order valence-electron chi connectivity index (χ0n) is 12.9. The van der Waals surface area contributed by atoms with Crippen LogP contribution in [0.5, 0.6) is 0 Å². The van der Waals surface area contributed by atoms with E-state index in [0.29, 0.717) is 0 Å². The summed E-state index contributed by atoms with van der Waals surface area (Å²) in [4.78, 5) is 19.3. The highest BCUT2D eigenvalue weighted by molar-refractivity contribution is 7.13. The minimum atomic E-state index is -0.930. The normalized spacial score (nSPS) is 11.0. The first-order chi connectivity index (χ1) is 11.6. The fourth-order valence-corrected chi connectivity index (χ4v) is 3.72. The number of carboxylic acid groups (broad SMARTS) is 1. The average Bonchev–Trinajstić information content (AvgIpc) is 3.18. The molecule has 2 aromatic heterocycles. The Morgan fingerprint density at radius 1 is 1.17 bits per heavy atom. The first-order valence-electron chi connectivity index (χ1n) is 7.50. The number of benzene rings is 2. The summed E-state index contributed by atoms with van der Waals surface area (Å²) in [6, 6.07) is 15.0. The van der Waals surface area contributed by atoms with Crippen LogP contribution < -0.4 is 0 Å². The number of hydrogen-bond donors (Lipinski definition) is 2. The highest BCUT2D eigenvalue weighted by Crippen LogP contribution is 2.35. The van der Waals surface area contributed by atoms with Crippen molar-refractivity contribution in [1.82, 2.24) is 9.97 Å². The summed E-state index contributed by atoms with van der Waals surface area (Å²) in [6.45, 7) is 2.04. The van der Waals surface area contributed by atoms with Crippen LogP contribution in [0.1, 0.15) is 16.1 Å². The van der Waals surface area contributed by atoms with Gasteiger partial charge in [-0.1, -0.05) is 30.3 Å². The molecule has 0 fully saturated rings. The quantitative estimate of drug-likeness (QED) is 0.556. The fraction of sp³-hybridized carbons (Fsp3) is 0.0526. The van der Waals surface area contributed by atoms with Gasteiger partial charge in [-0.15, -0.1) is 11.3 Å². The van der Waals surface area contributed by atoms with E-state index in [1.165, 1.54) is 11.3 Å². The zero-order chi connectivity index (χ0) is 16.7. The van der Waals surface area contributed by atoms with Crippen LogP contribution in [0.4, 0.5) is 0 Å². The number of fused-ring (bicyclic) bond motifs is 1. The third-order valence-corrected chi connectivity index (χ3v) is 4.90. The third kappa shape index (κ3) is 2.39. The molecule has 118 valence electrons. The molecule has 0 amide bonds. The molecule has 0 bridgehead atoms. The molecule has 0 aliphatic carbocycles. The molecule has 24 heavy (non-hydrogen) atoms. The van der Waals surface area contributed by atoms with Crippen LogP contribution in [0, 0.1) is 6.92 Å². The van der Waals surface area contributed by atoms with Gasteiger partial charge < -0.3 is 10.1 Å². The van der Waals surface area contributed by atoms with Crippen molar-refractivity contribution in [3.05, 3.63) is 65.2 Å². The fourth-order valence-electron chi connectivity index (χ4n) is 2.91. The van der Waals surface area contributed by atoms with Crippen molar-refractivity contribution in [2.24, 2.45) is 0 Å². The minimum absolute atomic E-state index is 0.271. The number of carboxylic acids is 1. The molecular formula is C19H14N2O2S. The van der Waals surface area contributed by atoms with Crippen molar-refractivity contribution < 1.29 is 9.90 Å². The van der Waals surface area contributed by atoms with Crippen molar-refractivity contribution in [2.75, 3.05) is 0 Å². The highest BCUT2D eigenvalue weighted by Gasteiger charge is 2.14. The highest BCUT2D eigenvalue weighted by atomic mass is 32.1. The van der Waals surface area contributed by atoms with Crippen LogP contribution in [-0.2, 0) is 0 Å². The lowest BCUT2D eigenvalue weighted by Gasteiger charge is -1.99. The number of carbonyl (C=O) groups is 1. The SMILES string of the molecule is Cc1[nH]c2ccccc2c1-c1csc(-c2cccc(C(=O)O)c2)n1. The number of nitrogens with zero attached hydrogens (tertiary/aromatic N) is 1. The first-order valence-corrected chi connectivity index (χ1v) is 8.38. The lowest BCUT2D eigenvalue weighted by Crippen LogP contribution is -1.95. The summed E-state index contributed by atoms with van der Waals surface area (Å²) in [5.74, 6) is -0.930. The second-order valence-corrected chi connectivity index (χ2v) is 6.45. The van der Waals surface area contributed by atoms with Gasteiger partial charge in [0.2, 0.25) is 0 Å². The zero-order valence-corrected chi connectivity index (χ0v) is 13.7. The molecule has 0 saturated heterocycles. The standard InChI is InChI=1S/C19H14N2O2S/c1-11-17(14-7-2-3-8-15(14)20-11)16-10-24-18(21-16)12-5-4-6-13(9-12)19(22)23/h2-10,20H,1H3,(H,22,23). The van der Waals surface area contributed by atoms with Crippen LogP contribution in [0.2, 0.25) is 0 Å². The molecule has 2 heterocycles. The molecule has 4 aromatic rings. The number of aromatic amines is 1. The Labute approximate surface area is 142 Å². The number of H-pyrrole nitrogens is 1. The van der Waals surface area contributed by atoms with E-state index in [4.69, 9.17) is 10.1 Å². The number of aromatic nitrogens is 2. The number of nitrogens with one attached hydrogen (secondary N) is 1. The van der Waals surface area contributed by atoms with Crippen LogP contribution in [0.25, 0.3) is 32.7 Å². The number of thiazole rings is 1. The lowest BCUT2D eigenvalue weighted by atomic mass is 10.1. The monoisotopic (exact) mass is 334 g/mol. The molecule has 0 radical (unpaired) electrons. The molecule has 0 aliphatic heterocycles. The van der Waals surface area contributed by atoms with E-state index in [2.05, 4.69) is 17.1 Å². The van der Waals surface area contributed by atoms with Crippen LogP contribution >= 0.6 is 11.3 Å². The van der Waals surface area contributed by atoms with Gasteiger partial charge in [-0.05, 0) is 25.1 Å². The molecule has 5 heteroatoms. The molecular weight excluding hydrogens is 320 g/mol. The molecule has 4 nitrogen and oxygen atoms in total.